The van der Waals surface area contributed by atoms with Gasteiger partial charge in [-0.2, -0.15) is 5.10 Å². The highest BCUT2D eigenvalue weighted by molar-refractivity contribution is 5.64. The van der Waals surface area contributed by atoms with Gasteiger partial charge in [-0.05, 0) is 44.2 Å². The maximum Gasteiger partial charge on any atom is 0.122 e. The van der Waals surface area contributed by atoms with E-state index in [0.29, 0.717) is 17.9 Å². The number of nitrogens with two attached hydrogens (primary N) is 1. The molecule has 0 aromatic carbocycles. The van der Waals surface area contributed by atoms with Crippen LogP contribution in [-0.4, -0.2) is 28.4 Å². The van der Waals surface area contributed by atoms with Crippen LogP contribution in [0.5, 0.6) is 5.75 Å². The molecule has 4 rings (SSSR count). The largest absolute Gasteiger partial charge is 0.497 e. The predicted octanol–water partition coefficient (Wildman–Crippen LogP) is 2.74. The molecule has 2 aliphatic rings. The SMILES string of the molecule is COc1ccnc(-c2cn(C3CC(CN)C3)nc2C2CC2)c1. The molecular weight excluding hydrogens is 276 g/mol. The van der Waals surface area contributed by atoms with E-state index in [4.69, 9.17) is 15.6 Å². The van der Waals surface area contributed by atoms with Crippen molar-refractivity contribution >= 4 is 0 Å². The van der Waals surface area contributed by atoms with Crippen molar-refractivity contribution in [3.8, 4) is 17.0 Å². The lowest BCUT2D eigenvalue weighted by Crippen LogP contribution is -2.32. The van der Waals surface area contributed by atoms with E-state index >= 15 is 0 Å². The van der Waals surface area contributed by atoms with Crippen LogP contribution in [0.1, 0.15) is 43.3 Å². The van der Waals surface area contributed by atoms with Crippen molar-refractivity contribution in [3.63, 3.8) is 0 Å². The van der Waals surface area contributed by atoms with Crippen molar-refractivity contribution in [2.24, 2.45) is 11.7 Å². The lowest BCUT2D eigenvalue weighted by atomic mass is 9.80. The van der Waals surface area contributed by atoms with Crippen molar-refractivity contribution < 1.29 is 4.74 Å². The number of aromatic nitrogens is 3. The van der Waals surface area contributed by atoms with Gasteiger partial charge in [0.05, 0.1) is 24.5 Å². The Kier molecular flexibility index (Phi) is 3.37. The standard InChI is InChI=1S/C17H22N4O/c1-22-14-4-5-19-16(8-14)15-10-21(13-6-11(7-13)9-18)20-17(15)12-2-3-12/h4-5,8,10-13H,2-3,6-7,9,18H2,1H3. The van der Waals surface area contributed by atoms with Crippen LogP contribution < -0.4 is 10.5 Å². The normalized spacial score (nSPS) is 24.1. The molecular formula is C17H22N4O. The minimum absolute atomic E-state index is 0.505. The molecule has 2 aliphatic carbocycles. The highest BCUT2D eigenvalue weighted by Gasteiger charge is 2.34. The summed E-state index contributed by atoms with van der Waals surface area (Å²) < 4.78 is 7.48. The molecule has 2 saturated carbocycles. The number of nitrogens with zero attached hydrogens (tertiary/aromatic N) is 3. The maximum absolute atomic E-state index is 5.74. The van der Waals surface area contributed by atoms with E-state index < -0.39 is 0 Å². The van der Waals surface area contributed by atoms with E-state index in [0.717, 1.165) is 36.4 Å². The molecule has 0 amide bonds. The summed E-state index contributed by atoms with van der Waals surface area (Å²) in [6.07, 6.45) is 8.75. The van der Waals surface area contributed by atoms with Crippen LogP contribution in [0.15, 0.2) is 24.5 Å². The highest BCUT2D eigenvalue weighted by atomic mass is 16.5. The van der Waals surface area contributed by atoms with Crippen LogP contribution in [0.2, 0.25) is 0 Å². The lowest BCUT2D eigenvalue weighted by Gasteiger charge is -2.34. The summed E-state index contributed by atoms with van der Waals surface area (Å²) in [5.74, 6) is 2.11. The Hall–Kier alpha value is -1.88. The van der Waals surface area contributed by atoms with Crippen molar-refractivity contribution in [1.82, 2.24) is 14.8 Å². The molecule has 2 heterocycles. The molecule has 0 radical (unpaired) electrons. The van der Waals surface area contributed by atoms with Gasteiger partial charge in [0.2, 0.25) is 0 Å². The van der Waals surface area contributed by atoms with Crippen molar-refractivity contribution in [1.29, 1.82) is 0 Å². The van der Waals surface area contributed by atoms with Crippen LogP contribution in [0.3, 0.4) is 0 Å². The number of hydrogen-bond donors (Lipinski definition) is 1. The fraction of sp³-hybridized carbons (Fsp3) is 0.529. The molecule has 0 aliphatic heterocycles. The van der Waals surface area contributed by atoms with Crippen LogP contribution in [0.25, 0.3) is 11.3 Å². The van der Waals surface area contributed by atoms with Gasteiger partial charge in [0, 0.05) is 29.9 Å². The Morgan fingerprint density at radius 2 is 2.18 bits per heavy atom. The summed E-state index contributed by atoms with van der Waals surface area (Å²) >= 11 is 0. The summed E-state index contributed by atoms with van der Waals surface area (Å²) in [5.41, 5.74) is 9.07. The first-order valence-electron chi connectivity index (χ1n) is 8.08. The van der Waals surface area contributed by atoms with E-state index in [-0.39, 0.29) is 0 Å². The quantitative estimate of drug-likeness (QED) is 0.921. The van der Waals surface area contributed by atoms with Gasteiger partial charge in [-0.15, -0.1) is 0 Å². The number of rotatable bonds is 5. The monoisotopic (exact) mass is 298 g/mol. The van der Waals surface area contributed by atoms with E-state index in [1.807, 2.05) is 12.1 Å². The fourth-order valence-electron chi connectivity index (χ4n) is 3.24. The Balaban J connectivity index is 1.67. The fourth-order valence-corrected chi connectivity index (χ4v) is 3.24. The summed E-state index contributed by atoms with van der Waals surface area (Å²) in [7, 11) is 1.69. The van der Waals surface area contributed by atoms with E-state index in [1.54, 1.807) is 13.3 Å². The van der Waals surface area contributed by atoms with E-state index in [1.165, 1.54) is 18.5 Å². The first kappa shape index (κ1) is 13.8. The van der Waals surface area contributed by atoms with Crippen molar-refractivity contribution in [2.75, 3.05) is 13.7 Å². The van der Waals surface area contributed by atoms with Gasteiger partial charge in [0.1, 0.15) is 5.75 Å². The average Bonchev–Trinajstić information content (AvgIpc) is 3.26. The smallest absolute Gasteiger partial charge is 0.122 e. The molecule has 116 valence electrons. The number of ether oxygens (including phenoxy) is 1. The highest BCUT2D eigenvalue weighted by Crippen LogP contribution is 2.45. The van der Waals surface area contributed by atoms with Gasteiger partial charge in [0.15, 0.2) is 0 Å². The second-order valence-electron chi connectivity index (χ2n) is 6.49. The second-order valence-corrected chi connectivity index (χ2v) is 6.49. The molecule has 0 saturated heterocycles. The number of hydrogen-bond acceptors (Lipinski definition) is 4. The van der Waals surface area contributed by atoms with Crippen molar-refractivity contribution in [2.45, 2.75) is 37.6 Å². The van der Waals surface area contributed by atoms with Crippen molar-refractivity contribution in [3.05, 3.63) is 30.2 Å². The van der Waals surface area contributed by atoms with Gasteiger partial charge < -0.3 is 10.5 Å². The minimum Gasteiger partial charge on any atom is -0.497 e. The molecule has 2 aromatic rings. The molecule has 5 nitrogen and oxygen atoms in total. The molecule has 2 N–H and O–H groups in total. The number of pyridine rings is 1. The summed E-state index contributed by atoms with van der Waals surface area (Å²) in [5, 5.41) is 4.89. The zero-order valence-electron chi connectivity index (χ0n) is 12.9. The van der Waals surface area contributed by atoms with Crippen LogP contribution in [-0.2, 0) is 0 Å². The van der Waals surface area contributed by atoms with Gasteiger partial charge in [-0.1, -0.05) is 0 Å². The Labute approximate surface area is 130 Å². The lowest BCUT2D eigenvalue weighted by molar-refractivity contribution is 0.189. The number of methoxy groups -OCH3 is 1. The molecule has 5 heteroatoms. The minimum atomic E-state index is 0.505. The third kappa shape index (κ3) is 2.39. The second kappa shape index (κ2) is 5.39. The predicted molar refractivity (Wildman–Crippen MR) is 84.8 cm³/mol. The third-order valence-corrected chi connectivity index (χ3v) is 4.89. The molecule has 2 fully saturated rings. The third-order valence-electron chi connectivity index (χ3n) is 4.89. The average molecular weight is 298 g/mol. The van der Waals surface area contributed by atoms with Crippen LogP contribution in [0, 0.1) is 5.92 Å². The first-order valence-corrected chi connectivity index (χ1v) is 8.08. The molecule has 0 unspecified atom stereocenters. The Morgan fingerprint density at radius 1 is 1.36 bits per heavy atom. The molecule has 0 atom stereocenters. The van der Waals surface area contributed by atoms with E-state index in [2.05, 4.69) is 15.9 Å². The van der Waals surface area contributed by atoms with Gasteiger partial charge in [0.25, 0.3) is 0 Å². The Morgan fingerprint density at radius 3 is 2.86 bits per heavy atom. The van der Waals surface area contributed by atoms with Gasteiger partial charge in [-0.25, -0.2) is 0 Å². The van der Waals surface area contributed by atoms with Gasteiger partial charge >= 0.3 is 0 Å². The Bertz CT molecular complexity index is 671. The molecule has 2 aromatic heterocycles. The summed E-state index contributed by atoms with van der Waals surface area (Å²) in [4.78, 5) is 4.52. The summed E-state index contributed by atoms with van der Waals surface area (Å²) in [6.45, 7) is 0.789. The molecule has 0 spiro atoms. The molecule has 0 bridgehead atoms. The first-order chi connectivity index (χ1) is 10.8. The topological polar surface area (TPSA) is 66.0 Å². The molecule has 22 heavy (non-hydrogen) atoms. The van der Waals surface area contributed by atoms with Crippen LogP contribution in [0.4, 0.5) is 0 Å². The van der Waals surface area contributed by atoms with Crippen LogP contribution >= 0.6 is 0 Å². The van der Waals surface area contributed by atoms with Gasteiger partial charge in [-0.3, -0.25) is 9.67 Å². The van der Waals surface area contributed by atoms with E-state index in [9.17, 15) is 0 Å². The maximum atomic E-state index is 5.74. The zero-order chi connectivity index (χ0) is 15.1. The zero-order valence-corrected chi connectivity index (χ0v) is 12.9. The summed E-state index contributed by atoms with van der Waals surface area (Å²) in [6, 6.07) is 4.38.